The normalized spacial score (nSPS) is 15.6. The number of hydrogen-bond donors (Lipinski definition) is 0. The molecule has 1 aromatic carbocycles. The minimum Gasteiger partial charge on any atom is -0.421 e. The summed E-state index contributed by atoms with van der Waals surface area (Å²) in [7, 11) is 0. The quantitative estimate of drug-likeness (QED) is 0.720. The molecule has 1 aliphatic heterocycles. The third-order valence-corrected chi connectivity index (χ3v) is 2.63. The maximum atomic E-state index is 12.8. The predicted octanol–water partition coefficient (Wildman–Crippen LogP) is 2.89. The van der Waals surface area contributed by atoms with E-state index in [0.717, 1.165) is 5.56 Å². The van der Waals surface area contributed by atoms with Gasteiger partial charge in [0.25, 0.3) is 0 Å². The Labute approximate surface area is 103 Å². The molecule has 0 aliphatic carbocycles. The maximum Gasteiger partial charge on any atom is 0.345 e. The van der Waals surface area contributed by atoms with Gasteiger partial charge >= 0.3 is 5.97 Å². The lowest BCUT2D eigenvalue weighted by atomic mass is 10.1. The Morgan fingerprint density at radius 2 is 1.94 bits per heavy atom. The predicted molar refractivity (Wildman–Crippen MR) is 63.9 cm³/mol. The van der Waals surface area contributed by atoms with E-state index >= 15 is 0 Å². The first-order chi connectivity index (χ1) is 8.74. The van der Waals surface area contributed by atoms with E-state index in [9.17, 15) is 9.18 Å². The first-order valence-electron chi connectivity index (χ1n) is 5.39. The van der Waals surface area contributed by atoms with Gasteiger partial charge in [-0.05, 0) is 35.9 Å². The Kier molecular flexibility index (Phi) is 2.41. The van der Waals surface area contributed by atoms with E-state index in [4.69, 9.17) is 4.74 Å². The van der Waals surface area contributed by atoms with Gasteiger partial charge < -0.3 is 4.74 Å². The Morgan fingerprint density at radius 1 is 1.17 bits per heavy atom. The zero-order chi connectivity index (χ0) is 12.5. The molecule has 0 radical (unpaired) electrons. The van der Waals surface area contributed by atoms with E-state index in [1.807, 2.05) is 0 Å². The van der Waals surface area contributed by atoms with Gasteiger partial charge in [-0.25, -0.2) is 9.18 Å². The van der Waals surface area contributed by atoms with E-state index < -0.39 is 5.97 Å². The van der Waals surface area contributed by atoms with Crippen molar-refractivity contribution < 1.29 is 13.9 Å². The van der Waals surface area contributed by atoms with Crippen LogP contribution in [0.4, 0.5) is 4.39 Å². The van der Waals surface area contributed by atoms with Gasteiger partial charge in [0, 0.05) is 6.20 Å². The van der Waals surface area contributed by atoms with Crippen LogP contribution in [0.5, 0.6) is 0 Å². The fourth-order valence-electron chi connectivity index (χ4n) is 1.78. The summed E-state index contributed by atoms with van der Waals surface area (Å²) in [6.45, 7) is 0. The zero-order valence-electron chi connectivity index (χ0n) is 9.26. The van der Waals surface area contributed by atoms with Gasteiger partial charge in [-0.1, -0.05) is 12.1 Å². The Bertz CT molecular complexity index is 647. The standard InChI is InChI=1S/C14H8FNO2/c15-10-5-3-9(4-6-10)8-12-13-11(14(17)18-12)2-1-7-16-13/h1-8H/b12-8-. The van der Waals surface area contributed by atoms with E-state index in [0.29, 0.717) is 17.0 Å². The molecular formula is C14H8FNO2. The Morgan fingerprint density at radius 3 is 2.72 bits per heavy atom. The van der Waals surface area contributed by atoms with Crippen molar-refractivity contribution in [2.75, 3.05) is 0 Å². The van der Waals surface area contributed by atoms with Crippen molar-refractivity contribution in [2.45, 2.75) is 0 Å². The largest absolute Gasteiger partial charge is 0.421 e. The maximum absolute atomic E-state index is 12.8. The molecular weight excluding hydrogens is 233 g/mol. The molecule has 0 unspecified atom stereocenters. The number of pyridine rings is 1. The average molecular weight is 241 g/mol. The van der Waals surface area contributed by atoms with Crippen LogP contribution in [0.15, 0.2) is 42.6 Å². The first kappa shape index (κ1) is 10.7. The minimum atomic E-state index is -0.411. The number of nitrogens with zero attached hydrogens (tertiary/aromatic N) is 1. The van der Waals surface area contributed by atoms with Crippen LogP contribution in [-0.2, 0) is 4.74 Å². The molecule has 2 aromatic rings. The lowest BCUT2D eigenvalue weighted by Crippen LogP contribution is -1.92. The van der Waals surface area contributed by atoms with Crippen molar-refractivity contribution >= 4 is 17.8 Å². The molecule has 0 bridgehead atoms. The average Bonchev–Trinajstić information content (AvgIpc) is 2.70. The number of esters is 1. The lowest BCUT2D eigenvalue weighted by Gasteiger charge is -1.98. The first-order valence-corrected chi connectivity index (χ1v) is 5.39. The number of rotatable bonds is 1. The number of hydrogen-bond acceptors (Lipinski definition) is 3. The minimum absolute atomic E-state index is 0.306. The third kappa shape index (κ3) is 1.78. The summed E-state index contributed by atoms with van der Waals surface area (Å²) in [6, 6.07) is 9.26. The number of halogens is 1. The van der Waals surface area contributed by atoms with Crippen LogP contribution in [0.2, 0.25) is 0 Å². The highest BCUT2D eigenvalue weighted by atomic mass is 19.1. The Hall–Kier alpha value is -2.49. The molecule has 0 fully saturated rings. The van der Waals surface area contributed by atoms with Crippen molar-refractivity contribution in [1.82, 2.24) is 4.98 Å². The number of ether oxygens (including phenoxy) is 1. The van der Waals surface area contributed by atoms with Gasteiger partial charge in [0.05, 0.1) is 5.56 Å². The summed E-state index contributed by atoms with van der Waals surface area (Å²) in [5, 5.41) is 0. The number of benzene rings is 1. The molecule has 88 valence electrons. The summed E-state index contributed by atoms with van der Waals surface area (Å²) in [5.74, 6) is -0.326. The summed E-state index contributed by atoms with van der Waals surface area (Å²) in [4.78, 5) is 15.7. The van der Waals surface area contributed by atoms with Crippen LogP contribution >= 0.6 is 0 Å². The summed E-state index contributed by atoms with van der Waals surface area (Å²) in [6.07, 6.45) is 3.26. The molecule has 4 heteroatoms. The highest BCUT2D eigenvalue weighted by Crippen LogP contribution is 2.29. The molecule has 1 aromatic heterocycles. The van der Waals surface area contributed by atoms with E-state index in [1.165, 1.54) is 12.1 Å². The van der Waals surface area contributed by atoms with E-state index in [1.54, 1.807) is 36.5 Å². The van der Waals surface area contributed by atoms with Gasteiger partial charge in [-0.3, -0.25) is 4.98 Å². The van der Waals surface area contributed by atoms with Crippen molar-refractivity contribution in [3.63, 3.8) is 0 Å². The number of carbonyl (C=O) groups is 1. The van der Waals surface area contributed by atoms with Crippen LogP contribution in [0.25, 0.3) is 11.8 Å². The van der Waals surface area contributed by atoms with Gasteiger partial charge in [0.15, 0.2) is 5.76 Å². The molecule has 18 heavy (non-hydrogen) atoms. The second kappa shape index (κ2) is 4.07. The second-order valence-corrected chi connectivity index (χ2v) is 3.85. The molecule has 0 saturated heterocycles. The summed E-state index contributed by atoms with van der Waals surface area (Å²) in [5.41, 5.74) is 1.72. The summed E-state index contributed by atoms with van der Waals surface area (Å²) < 4.78 is 17.9. The monoisotopic (exact) mass is 241 g/mol. The number of fused-ring (bicyclic) bond motifs is 1. The van der Waals surface area contributed by atoms with Crippen molar-refractivity contribution in [3.05, 3.63) is 65.2 Å². The summed E-state index contributed by atoms with van der Waals surface area (Å²) >= 11 is 0. The lowest BCUT2D eigenvalue weighted by molar-refractivity contribution is 0.0717. The fraction of sp³-hybridized carbons (Fsp3) is 0. The Balaban J connectivity index is 2.04. The number of carbonyl (C=O) groups excluding carboxylic acids is 1. The number of aromatic nitrogens is 1. The van der Waals surface area contributed by atoms with E-state index in [2.05, 4.69) is 4.98 Å². The van der Waals surface area contributed by atoms with Gasteiger partial charge in [0.2, 0.25) is 0 Å². The highest BCUT2D eigenvalue weighted by Gasteiger charge is 2.27. The van der Waals surface area contributed by atoms with Crippen LogP contribution < -0.4 is 0 Å². The smallest absolute Gasteiger partial charge is 0.345 e. The molecule has 0 atom stereocenters. The molecule has 0 N–H and O–H groups in total. The van der Waals surface area contributed by atoms with Crippen molar-refractivity contribution in [2.24, 2.45) is 0 Å². The fourth-order valence-corrected chi connectivity index (χ4v) is 1.78. The molecule has 0 saturated carbocycles. The topological polar surface area (TPSA) is 39.2 Å². The van der Waals surface area contributed by atoms with Gasteiger partial charge in [-0.15, -0.1) is 0 Å². The van der Waals surface area contributed by atoms with Crippen LogP contribution in [0, 0.1) is 5.82 Å². The molecule has 2 heterocycles. The molecule has 0 amide bonds. The zero-order valence-corrected chi connectivity index (χ0v) is 9.26. The van der Waals surface area contributed by atoms with Crippen molar-refractivity contribution in [1.29, 1.82) is 0 Å². The highest BCUT2D eigenvalue weighted by molar-refractivity contribution is 6.04. The molecule has 3 rings (SSSR count). The third-order valence-electron chi connectivity index (χ3n) is 2.63. The van der Waals surface area contributed by atoms with Crippen molar-refractivity contribution in [3.8, 4) is 0 Å². The molecule has 1 aliphatic rings. The number of cyclic esters (lactones) is 1. The second-order valence-electron chi connectivity index (χ2n) is 3.85. The SMILES string of the molecule is O=C1O/C(=C\c2ccc(F)cc2)c2ncccc21. The molecule has 0 spiro atoms. The van der Waals surface area contributed by atoms with Crippen LogP contribution in [0.3, 0.4) is 0 Å². The van der Waals surface area contributed by atoms with Crippen LogP contribution in [-0.4, -0.2) is 11.0 Å². The van der Waals surface area contributed by atoms with Gasteiger partial charge in [0.1, 0.15) is 11.5 Å². The van der Waals surface area contributed by atoms with E-state index in [-0.39, 0.29) is 5.82 Å². The molecule has 3 nitrogen and oxygen atoms in total. The van der Waals surface area contributed by atoms with Crippen LogP contribution in [0.1, 0.15) is 21.6 Å². The van der Waals surface area contributed by atoms with Gasteiger partial charge in [-0.2, -0.15) is 0 Å².